The normalized spacial score (nSPS) is 15.0. The largest absolute Gasteiger partial charge is 0.340 e. The van der Waals surface area contributed by atoms with Gasteiger partial charge in [-0.3, -0.25) is 9.36 Å². The number of hydrogen-bond acceptors (Lipinski definition) is 4. The third kappa shape index (κ3) is 4.70. The standard InChI is InChI=1S/C27H26F2N4O/c28-20-5-3-7-23(17-20)32(24-8-4-6-21(29)18-24)16-15-31-13-11-22(12-14-31)33-19-30-26-10-2-1-9-25(26)27(33)34/h1-10,17-19,22H,11-16H2. The second-order valence-corrected chi connectivity index (χ2v) is 8.66. The van der Waals surface area contributed by atoms with Crippen molar-refractivity contribution in [3.63, 3.8) is 0 Å². The van der Waals surface area contributed by atoms with E-state index in [-0.39, 0.29) is 23.2 Å². The Kier molecular flexibility index (Phi) is 6.36. The van der Waals surface area contributed by atoms with E-state index in [1.807, 2.05) is 41.3 Å². The van der Waals surface area contributed by atoms with Crippen molar-refractivity contribution >= 4 is 22.3 Å². The highest BCUT2D eigenvalue weighted by Gasteiger charge is 2.23. The van der Waals surface area contributed by atoms with E-state index in [0.717, 1.165) is 38.0 Å². The molecule has 34 heavy (non-hydrogen) atoms. The number of benzene rings is 3. The lowest BCUT2D eigenvalue weighted by atomic mass is 10.0. The number of piperidine rings is 1. The molecule has 0 spiro atoms. The van der Waals surface area contributed by atoms with Crippen LogP contribution < -0.4 is 10.5 Å². The number of fused-ring (bicyclic) bond motifs is 1. The molecule has 3 aromatic carbocycles. The number of nitrogens with zero attached hydrogens (tertiary/aromatic N) is 4. The molecule has 0 amide bonds. The lowest BCUT2D eigenvalue weighted by molar-refractivity contribution is 0.188. The van der Waals surface area contributed by atoms with Crippen LogP contribution in [0.5, 0.6) is 0 Å². The lowest BCUT2D eigenvalue weighted by Gasteiger charge is -2.34. The van der Waals surface area contributed by atoms with Gasteiger partial charge in [-0.05, 0) is 61.4 Å². The summed E-state index contributed by atoms with van der Waals surface area (Å²) in [6.45, 7) is 3.01. The van der Waals surface area contributed by atoms with Crippen LogP contribution in [0.3, 0.4) is 0 Å². The number of anilines is 2. The molecule has 0 N–H and O–H groups in total. The van der Waals surface area contributed by atoms with Crippen molar-refractivity contribution in [3.05, 3.63) is 101 Å². The second kappa shape index (κ2) is 9.73. The molecule has 1 fully saturated rings. The topological polar surface area (TPSA) is 41.4 Å². The molecule has 0 aliphatic carbocycles. The number of hydrogen-bond donors (Lipinski definition) is 0. The summed E-state index contributed by atoms with van der Waals surface area (Å²) in [4.78, 5) is 21.7. The van der Waals surface area contributed by atoms with E-state index in [4.69, 9.17) is 0 Å². The molecule has 174 valence electrons. The van der Waals surface area contributed by atoms with Crippen molar-refractivity contribution in [1.29, 1.82) is 0 Å². The van der Waals surface area contributed by atoms with E-state index in [0.29, 0.717) is 23.3 Å². The Bertz CT molecular complexity index is 1300. The number of rotatable bonds is 6. The molecule has 5 rings (SSSR count). The first-order valence-electron chi connectivity index (χ1n) is 11.6. The van der Waals surface area contributed by atoms with Gasteiger partial charge in [0.05, 0.1) is 17.2 Å². The summed E-state index contributed by atoms with van der Waals surface area (Å²) < 4.78 is 29.6. The molecule has 1 aliphatic rings. The highest BCUT2D eigenvalue weighted by molar-refractivity contribution is 5.76. The summed E-state index contributed by atoms with van der Waals surface area (Å²) in [5, 5.41) is 0.647. The van der Waals surface area contributed by atoms with Crippen LogP contribution in [-0.2, 0) is 0 Å². The van der Waals surface area contributed by atoms with Gasteiger partial charge in [0.15, 0.2) is 0 Å². The zero-order valence-corrected chi connectivity index (χ0v) is 18.8. The van der Waals surface area contributed by atoms with Crippen LogP contribution >= 0.6 is 0 Å². The van der Waals surface area contributed by atoms with Crippen LogP contribution in [0.2, 0.25) is 0 Å². The molecule has 4 aromatic rings. The van der Waals surface area contributed by atoms with E-state index in [1.165, 1.54) is 24.3 Å². The van der Waals surface area contributed by atoms with Gasteiger partial charge >= 0.3 is 0 Å². The van der Waals surface area contributed by atoms with Gasteiger partial charge in [-0.1, -0.05) is 24.3 Å². The van der Waals surface area contributed by atoms with Crippen molar-refractivity contribution in [1.82, 2.24) is 14.5 Å². The van der Waals surface area contributed by atoms with Gasteiger partial charge in [0, 0.05) is 43.6 Å². The first-order valence-corrected chi connectivity index (χ1v) is 11.6. The van der Waals surface area contributed by atoms with E-state index < -0.39 is 0 Å². The van der Waals surface area contributed by atoms with E-state index in [1.54, 1.807) is 23.0 Å². The summed E-state index contributed by atoms with van der Waals surface area (Å²) in [7, 11) is 0. The lowest BCUT2D eigenvalue weighted by Crippen LogP contribution is -2.40. The van der Waals surface area contributed by atoms with Crippen LogP contribution in [0.15, 0.2) is 83.9 Å². The summed E-state index contributed by atoms with van der Waals surface area (Å²) in [6, 6.07) is 20.3. The predicted octanol–water partition coefficient (Wildman–Crippen LogP) is 5.15. The molecule has 1 aromatic heterocycles. The fraction of sp³-hybridized carbons (Fsp3) is 0.259. The van der Waals surface area contributed by atoms with Gasteiger partial charge in [0.2, 0.25) is 0 Å². The van der Waals surface area contributed by atoms with Crippen molar-refractivity contribution in [2.45, 2.75) is 18.9 Å². The predicted molar refractivity (Wildman–Crippen MR) is 131 cm³/mol. The fourth-order valence-corrected chi connectivity index (χ4v) is 4.70. The summed E-state index contributed by atoms with van der Waals surface area (Å²) >= 11 is 0. The molecule has 2 heterocycles. The number of halogens is 2. The first kappa shape index (κ1) is 22.2. The molecule has 7 heteroatoms. The minimum atomic E-state index is -0.325. The molecular weight excluding hydrogens is 434 g/mol. The second-order valence-electron chi connectivity index (χ2n) is 8.66. The van der Waals surface area contributed by atoms with Crippen molar-refractivity contribution in [2.75, 3.05) is 31.1 Å². The average molecular weight is 461 g/mol. The fourth-order valence-electron chi connectivity index (χ4n) is 4.70. The minimum absolute atomic E-state index is 0.00688. The molecule has 1 aliphatic heterocycles. The van der Waals surface area contributed by atoms with Crippen LogP contribution in [0.1, 0.15) is 18.9 Å². The van der Waals surface area contributed by atoms with Crippen molar-refractivity contribution in [3.8, 4) is 0 Å². The number of para-hydroxylation sites is 1. The van der Waals surface area contributed by atoms with Crippen LogP contribution in [0.4, 0.5) is 20.2 Å². The molecule has 0 unspecified atom stereocenters. The third-order valence-electron chi connectivity index (χ3n) is 6.52. The third-order valence-corrected chi connectivity index (χ3v) is 6.52. The van der Waals surface area contributed by atoms with Crippen LogP contribution in [0, 0.1) is 11.6 Å². The minimum Gasteiger partial charge on any atom is -0.340 e. The smallest absolute Gasteiger partial charge is 0.261 e. The molecular formula is C27H26F2N4O. The Labute approximate surface area is 196 Å². The summed E-state index contributed by atoms with van der Waals surface area (Å²) in [5.41, 5.74) is 2.10. The van der Waals surface area contributed by atoms with Gasteiger partial charge in [-0.15, -0.1) is 0 Å². The molecule has 0 saturated carbocycles. The highest BCUT2D eigenvalue weighted by atomic mass is 19.1. The summed E-state index contributed by atoms with van der Waals surface area (Å²) in [6.07, 6.45) is 3.36. The average Bonchev–Trinajstić information content (AvgIpc) is 2.85. The Morgan fingerprint density at radius 3 is 2.18 bits per heavy atom. The Balaban J connectivity index is 1.27. The van der Waals surface area contributed by atoms with Gasteiger partial charge in [0.1, 0.15) is 11.6 Å². The van der Waals surface area contributed by atoms with Gasteiger partial charge in [-0.25, -0.2) is 13.8 Å². The maximum atomic E-state index is 13.9. The van der Waals surface area contributed by atoms with Crippen LogP contribution in [0.25, 0.3) is 10.9 Å². The summed E-state index contributed by atoms with van der Waals surface area (Å²) in [5.74, 6) is -0.650. The van der Waals surface area contributed by atoms with Crippen molar-refractivity contribution < 1.29 is 8.78 Å². The van der Waals surface area contributed by atoms with Crippen molar-refractivity contribution in [2.24, 2.45) is 0 Å². The van der Waals surface area contributed by atoms with E-state index >= 15 is 0 Å². The van der Waals surface area contributed by atoms with Gasteiger partial charge < -0.3 is 9.80 Å². The Morgan fingerprint density at radius 2 is 1.53 bits per heavy atom. The Hall–Kier alpha value is -3.58. The molecule has 0 atom stereocenters. The zero-order valence-electron chi connectivity index (χ0n) is 18.8. The van der Waals surface area contributed by atoms with Crippen LogP contribution in [-0.4, -0.2) is 40.6 Å². The first-order chi connectivity index (χ1) is 16.6. The number of likely N-dealkylation sites (tertiary alicyclic amines) is 1. The molecule has 1 saturated heterocycles. The Morgan fingerprint density at radius 1 is 0.882 bits per heavy atom. The maximum Gasteiger partial charge on any atom is 0.261 e. The zero-order chi connectivity index (χ0) is 23.5. The number of aromatic nitrogens is 2. The SMILES string of the molecule is O=c1c2ccccc2ncn1C1CCN(CCN(c2cccc(F)c2)c2cccc(F)c2)CC1. The quantitative estimate of drug-likeness (QED) is 0.399. The highest BCUT2D eigenvalue weighted by Crippen LogP contribution is 2.27. The molecule has 0 bridgehead atoms. The maximum absolute atomic E-state index is 13.9. The van der Waals surface area contributed by atoms with E-state index in [2.05, 4.69) is 9.88 Å². The van der Waals surface area contributed by atoms with Gasteiger partial charge in [0.25, 0.3) is 5.56 Å². The molecule has 0 radical (unpaired) electrons. The van der Waals surface area contributed by atoms with Gasteiger partial charge in [-0.2, -0.15) is 0 Å². The van der Waals surface area contributed by atoms with E-state index in [9.17, 15) is 13.6 Å². The monoisotopic (exact) mass is 460 g/mol. The molecule has 5 nitrogen and oxygen atoms in total.